The Morgan fingerprint density at radius 1 is 1.40 bits per heavy atom. The fraction of sp³-hybridized carbons (Fsp3) is 0.900. The van der Waals surface area contributed by atoms with Crippen LogP contribution in [0.25, 0.3) is 0 Å². The highest BCUT2D eigenvalue weighted by Crippen LogP contribution is 2.29. The lowest BCUT2D eigenvalue weighted by atomic mass is 9.96. The van der Waals surface area contributed by atoms with Gasteiger partial charge in [0, 0.05) is 18.7 Å². The minimum Gasteiger partial charge on any atom is -0.355 e. The predicted molar refractivity (Wildman–Crippen MR) is 59.2 cm³/mol. The standard InChI is InChI=1S/C10H19NO3S/c1-10(2,7-15(3,13)14)6-11-9(12)8-4-5-8/h8H,4-7H2,1-3H3,(H,11,12). The van der Waals surface area contributed by atoms with Crippen molar-refractivity contribution in [2.75, 3.05) is 18.6 Å². The predicted octanol–water partition coefficient (Wildman–Crippen LogP) is 0.583. The van der Waals surface area contributed by atoms with Crippen LogP contribution in [0.5, 0.6) is 0 Å². The number of hydrogen-bond donors (Lipinski definition) is 1. The van der Waals surface area contributed by atoms with E-state index in [-0.39, 0.29) is 17.6 Å². The molecular formula is C10H19NO3S. The zero-order valence-electron chi connectivity index (χ0n) is 9.54. The summed E-state index contributed by atoms with van der Waals surface area (Å²) in [5.41, 5.74) is -0.391. The maximum atomic E-state index is 11.4. The topological polar surface area (TPSA) is 63.2 Å². The third kappa shape index (κ3) is 5.16. The summed E-state index contributed by atoms with van der Waals surface area (Å²) in [4.78, 5) is 11.4. The molecule has 0 aliphatic heterocycles. The summed E-state index contributed by atoms with van der Waals surface area (Å²) < 4.78 is 22.3. The van der Waals surface area contributed by atoms with Crippen LogP contribution in [0.3, 0.4) is 0 Å². The third-order valence-electron chi connectivity index (χ3n) is 2.34. The molecule has 4 nitrogen and oxygen atoms in total. The Hall–Kier alpha value is -0.580. The number of rotatable bonds is 5. The fourth-order valence-electron chi connectivity index (χ4n) is 1.58. The number of carbonyl (C=O) groups excluding carboxylic acids is 1. The quantitative estimate of drug-likeness (QED) is 0.755. The fourth-order valence-corrected chi connectivity index (χ4v) is 3.10. The average molecular weight is 233 g/mol. The lowest BCUT2D eigenvalue weighted by molar-refractivity contribution is -0.122. The van der Waals surface area contributed by atoms with Crippen LogP contribution in [0.4, 0.5) is 0 Å². The van der Waals surface area contributed by atoms with Crippen LogP contribution in [-0.2, 0) is 14.6 Å². The summed E-state index contributed by atoms with van der Waals surface area (Å²) in [6, 6.07) is 0. The summed E-state index contributed by atoms with van der Waals surface area (Å²) in [6.07, 6.45) is 3.16. The van der Waals surface area contributed by atoms with Crippen molar-refractivity contribution in [1.29, 1.82) is 0 Å². The van der Waals surface area contributed by atoms with Gasteiger partial charge in [0.2, 0.25) is 5.91 Å². The first-order valence-electron chi connectivity index (χ1n) is 5.15. The van der Waals surface area contributed by atoms with Gasteiger partial charge >= 0.3 is 0 Å². The van der Waals surface area contributed by atoms with Crippen molar-refractivity contribution in [2.24, 2.45) is 11.3 Å². The molecule has 88 valence electrons. The van der Waals surface area contributed by atoms with E-state index in [9.17, 15) is 13.2 Å². The molecule has 1 saturated carbocycles. The molecule has 1 N–H and O–H groups in total. The molecule has 0 aromatic carbocycles. The van der Waals surface area contributed by atoms with Crippen LogP contribution in [0.15, 0.2) is 0 Å². The van der Waals surface area contributed by atoms with E-state index in [2.05, 4.69) is 5.32 Å². The van der Waals surface area contributed by atoms with Crippen molar-refractivity contribution in [2.45, 2.75) is 26.7 Å². The van der Waals surface area contributed by atoms with Gasteiger partial charge in [-0.15, -0.1) is 0 Å². The van der Waals surface area contributed by atoms with Gasteiger partial charge in [-0.3, -0.25) is 4.79 Å². The second kappa shape index (κ2) is 4.12. The van der Waals surface area contributed by atoms with E-state index in [0.717, 1.165) is 12.8 Å². The summed E-state index contributed by atoms with van der Waals surface area (Å²) in [5.74, 6) is 0.348. The minimum atomic E-state index is -2.99. The van der Waals surface area contributed by atoms with Gasteiger partial charge in [-0.25, -0.2) is 8.42 Å². The Morgan fingerprint density at radius 2 is 1.93 bits per heavy atom. The molecule has 1 fully saturated rings. The molecule has 0 saturated heterocycles. The molecule has 0 spiro atoms. The van der Waals surface area contributed by atoms with Crippen LogP contribution in [0, 0.1) is 11.3 Å². The molecule has 1 rings (SSSR count). The molecule has 0 aromatic heterocycles. The van der Waals surface area contributed by atoms with Gasteiger partial charge in [0.05, 0.1) is 5.75 Å². The Balaban J connectivity index is 2.38. The highest BCUT2D eigenvalue weighted by molar-refractivity contribution is 7.90. The second-order valence-corrected chi connectivity index (χ2v) is 7.37. The third-order valence-corrected chi connectivity index (χ3v) is 3.65. The van der Waals surface area contributed by atoms with Crippen LogP contribution in [0.2, 0.25) is 0 Å². The monoisotopic (exact) mass is 233 g/mol. The van der Waals surface area contributed by atoms with Gasteiger partial charge in [-0.1, -0.05) is 13.8 Å². The van der Waals surface area contributed by atoms with Crippen LogP contribution >= 0.6 is 0 Å². The van der Waals surface area contributed by atoms with Crippen molar-refractivity contribution in [3.05, 3.63) is 0 Å². The molecule has 5 heteroatoms. The summed E-state index contributed by atoms with van der Waals surface area (Å²) in [7, 11) is -2.99. The van der Waals surface area contributed by atoms with Crippen LogP contribution in [-0.4, -0.2) is 32.9 Å². The maximum Gasteiger partial charge on any atom is 0.223 e. The van der Waals surface area contributed by atoms with Crippen molar-refractivity contribution >= 4 is 15.7 Å². The molecule has 1 aliphatic carbocycles. The number of nitrogens with one attached hydrogen (secondary N) is 1. The van der Waals surface area contributed by atoms with Crippen molar-refractivity contribution < 1.29 is 13.2 Å². The molecule has 0 aromatic rings. The Kier molecular flexibility index (Phi) is 3.43. The summed E-state index contributed by atoms with van der Waals surface area (Å²) in [6.45, 7) is 4.12. The van der Waals surface area contributed by atoms with Gasteiger partial charge in [0.1, 0.15) is 9.84 Å². The average Bonchev–Trinajstić information content (AvgIpc) is 2.77. The van der Waals surface area contributed by atoms with Gasteiger partial charge in [-0.05, 0) is 18.3 Å². The van der Waals surface area contributed by atoms with Gasteiger partial charge in [0.15, 0.2) is 0 Å². The Bertz CT molecular complexity index is 342. The van der Waals surface area contributed by atoms with E-state index in [0.29, 0.717) is 6.54 Å². The number of amides is 1. The zero-order valence-corrected chi connectivity index (χ0v) is 10.4. The molecule has 0 heterocycles. The van der Waals surface area contributed by atoms with Gasteiger partial charge < -0.3 is 5.32 Å². The van der Waals surface area contributed by atoms with Crippen molar-refractivity contribution in [3.63, 3.8) is 0 Å². The molecule has 1 aliphatic rings. The number of hydrogen-bond acceptors (Lipinski definition) is 3. The van der Waals surface area contributed by atoms with E-state index in [1.807, 2.05) is 13.8 Å². The van der Waals surface area contributed by atoms with Gasteiger partial charge in [0.25, 0.3) is 0 Å². The minimum absolute atomic E-state index is 0.0663. The molecule has 0 radical (unpaired) electrons. The molecular weight excluding hydrogens is 214 g/mol. The largest absolute Gasteiger partial charge is 0.355 e. The molecule has 1 amide bonds. The lowest BCUT2D eigenvalue weighted by Gasteiger charge is -2.23. The lowest BCUT2D eigenvalue weighted by Crippen LogP contribution is -2.38. The second-order valence-electron chi connectivity index (χ2n) is 5.23. The summed E-state index contributed by atoms with van der Waals surface area (Å²) in [5, 5.41) is 2.80. The Labute approximate surface area is 91.4 Å². The first-order valence-corrected chi connectivity index (χ1v) is 7.21. The van der Waals surface area contributed by atoms with Crippen LogP contribution in [0.1, 0.15) is 26.7 Å². The van der Waals surface area contributed by atoms with Crippen LogP contribution < -0.4 is 5.32 Å². The SMILES string of the molecule is CC(C)(CNC(=O)C1CC1)CS(C)(=O)=O. The first kappa shape index (κ1) is 12.5. The molecule has 0 unspecified atom stereocenters. The molecule has 15 heavy (non-hydrogen) atoms. The molecule has 0 atom stereocenters. The van der Waals surface area contributed by atoms with E-state index in [1.165, 1.54) is 6.26 Å². The summed E-state index contributed by atoms with van der Waals surface area (Å²) >= 11 is 0. The first-order chi connectivity index (χ1) is 6.70. The maximum absolute atomic E-state index is 11.4. The van der Waals surface area contributed by atoms with Crippen molar-refractivity contribution in [1.82, 2.24) is 5.32 Å². The Morgan fingerprint density at radius 3 is 2.33 bits per heavy atom. The van der Waals surface area contributed by atoms with Crippen molar-refractivity contribution in [3.8, 4) is 0 Å². The smallest absolute Gasteiger partial charge is 0.223 e. The van der Waals surface area contributed by atoms with E-state index >= 15 is 0 Å². The number of sulfone groups is 1. The zero-order chi connectivity index (χ0) is 11.7. The highest BCUT2D eigenvalue weighted by atomic mass is 32.2. The number of carbonyl (C=O) groups is 1. The van der Waals surface area contributed by atoms with E-state index in [1.54, 1.807) is 0 Å². The highest BCUT2D eigenvalue weighted by Gasteiger charge is 2.31. The van der Waals surface area contributed by atoms with Gasteiger partial charge in [-0.2, -0.15) is 0 Å². The normalized spacial score (nSPS) is 17.5. The van der Waals surface area contributed by atoms with E-state index < -0.39 is 15.3 Å². The van der Waals surface area contributed by atoms with E-state index in [4.69, 9.17) is 0 Å². The molecule has 0 bridgehead atoms.